The molecule has 4 rings (SSSR count). The van der Waals surface area contributed by atoms with Gasteiger partial charge in [-0.2, -0.15) is 0 Å². The lowest BCUT2D eigenvalue weighted by Crippen LogP contribution is -2.33. The van der Waals surface area contributed by atoms with Crippen molar-refractivity contribution < 1.29 is 36.4 Å². The van der Waals surface area contributed by atoms with Crippen LogP contribution in [-0.2, 0) is 35.4 Å². The largest absolute Gasteiger partial charge is 0.488 e. The van der Waals surface area contributed by atoms with Crippen LogP contribution in [0.1, 0.15) is 37.6 Å². The standard InChI is InChI=1S/C27H25F3N2O5S/c1-27(2,3)38(35)32-13-21-25(30)18(6-8-31-21)20-10-16(24(29)19-7-9-36-26(19)20)14-37-22-12-17(28)5-4-15(22)11-23(33)34/h4-10,12,32H,11,13-14H2,1-3H3,(H,33,34). The van der Waals surface area contributed by atoms with Gasteiger partial charge < -0.3 is 14.3 Å². The summed E-state index contributed by atoms with van der Waals surface area (Å²) < 4.78 is 70.4. The van der Waals surface area contributed by atoms with Crippen molar-refractivity contribution in [3.63, 3.8) is 0 Å². The summed E-state index contributed by atoms with van der Waals surface area (Å²) in [7, 11) is -1.45. The molecule has 7 nitrogen and oxygen atoms in total. The van der Waals surface area contributed by atoms with Gasteiger partial charge in [0.1, 0.15) is 29.6 Å². The molecule has 1 unspecified atom stereocenters. The fourth-order valence-corrected chi connectivity index (χ4v) is 4.47. The maximum atomic E-state index is 15.6. The van der Waals surface area contributed by atoms with E-state index in [0.717, 1.165) is 12.1 Å². The first kappa shape index (κ1) is 27.3. The van der Waals surface area contributed by atoms with Crippen LogP contribution in [0.2, 0.25) is 0 Å². The molecule has 0 radical (unpaired) electrons. The molecule has 2 heterocycles. The number of benzene rings is 2. The van der Waals surface area contributed by atoms with Crippen LogP contribution in [0.25, 0.3) is 22.1 Å². The summed E-state index contributed by atoms with van der Waals surface area (Å²) in [6.07, 6.45) is 2.24. The lowest BCUT2D eigenvalue weighted by Gasteiger charge is -2.18. The van der Waals surface area contributed by atoms with E-state index in [2.05, 4.69) is 9.71 Å². The number of carboxylic acids is 1. The van der Waals surface area contributed by atoms with Gasteiger partial charge >= 0.3 is 5.97 Å². The summed E-state index contributed by atoms with van der Waals surface area (Å²) in [5, 5.41) is 9.20. The molecule has 0 aliphatic carbocycles. The number of ether oxygens (including phenoxy) is 1. The Labute approximate surface area is 219 Å². The number of rotatable bonds is 9. The van der Waals surface area contributed by atoms with Gasteiger partial charge in [0.2, 0.25) is 0 Å². The number of pyridine rings is 1. The van der Waals surface area contributed by atoms with E-state index in [1.807, 2.05) is 0 Å². The quantitative estimate of drug-likeness (QED) is 0.281. The second kappa shape index (κ2) is 11.0. The molecule has 2 aromatic heterocycles. The van der Waals surface area contributed by atoms with Gasteiger partial charge in [0.15, 0.2) is 5.82 Å². The average molecular weight is 547 g/mol. The number of aliphatic carboxylic acids is 1. The Morgan fingerprint density at radius 1 is 1.08 bits per heavy atom. The topological polar surface area (TPSA) is 102 Å². The number of carboxylic acid groups (broad SMARTS) is 1. The predicted octanol–water partition coefficient (Wildman–Crippen LogP) is 5.67. The highest BCUT2D eigenvalue weighted by atomic mass is 32.2. The van der Waals surface area contributed by atoms with Gasteiger partial charge in [-0.1, -0.05) is 6.07 Å². The molecule has 0 aliphatic rings. The molecule has 2 N–H and O–H groups in total. The third kappa shape index (κ3) is 5.89. The van der Waals surface area contributed by atoms with Gasteiger partial charge in [0.25, 0.3) is 0 Å². The van der Waals surface area contributed by atoms with Gasteiger partial charge in [-0.15, -0.1) is 0 Å². The lowest BCUT2D eigenvalue weighted by atomic mass is 9.99. The van der Waals surface area contributed by atoms with Gasteiger partial charge in [0, 0.05) is 34.5 Å². The van der Waals surface area contributed by atoms with Crippen LogP contribution >= 0.6 is 0 Å². The minimum absolute atomic E-state index is 0.0139. The van der Waals surface area contributed by atoms with E-state index in [1.165, 1.54) is 36.7 Å². The van der Waals surface area contributed by atoms with Crippen LogP contribution in [0.3, 0.4) is 0 Å². The number of halogens is 3. The summed E-state index contributed by atoms with van der Waals surface area (Å²) in [4.78, 5) is 15.2. The van der Waals surface area contributed by atoms with Crippen LogP contribution in [0.5, 0.6) is 5.75 Å². The van der Waals surface area contributed by atoms with Crippen LogP contribution in [0.15, 0.2) is 53.3 Å². The van der Waals surface area contributed by atoms with Crippen LogP contribution in [0.4, 0.5) is 13.2 Å². The highest BCUT2D eigenvalue weighted by Gasteiger charge is 2.23. The molecule has 0 fully saturated rings. The summed E-state index contributed by atoms with van der Waals surface area (Å²) in [5.74, 6) is -3.20. The van der Waals surface area contributed by atoms with Gasteiger partial charge in [-0.05, 0) is 45.0 Å². The summed E-state index contributed by atoms with van der Waals surface area (Å²) in [5.41, 5.74) is 0.661. The molecule has 4 aromatic rings. The monoisotopic (exact) mass is 546 g/mol. The number of furan rings is 1. The average Bonchev–Trinajstić information content (AvgIpc) is 3.34. The first-order valence-corrected chi connectivity index (χ1v) is 12.7. The molecule has 0 saturated heterocycles. The first-order chi connectivity index (χ1) is 18.0. The van der Waals surface area contributed by atoms with Gasteiger partial charge in [-0.3, -0.25) is 9.78 Å². The van der Waals surface area contributed by atoms with Gasteiger partial charge in [0.05, 0.1) is 46.0 Å². The highest BCUT2D eigenvalue weighted by Crippen LogP contribution is 2.36. The van der Waals surface area contributed by atoms with Crippen molar-refractivity contribution in [1.29, 1.82) is 0 Å². The van der Waals surface area contributed by atoms with E-state index in [1.54, 1.807) is 20.8 Å². The lowest BCUT2D eigenvalue weighted by molar-refractivity contribution is -0.136. The molecule has 1 atom stereocenters. The molecule has 0 amide bonds. The number of aromatic nitrogens is 1. The van der Waals surface area contributed by atoms with Crippen LogP contribution in [-0.4, -0.2) is 25.0 Å². The van der Waals surface area contributed by atoms with Crippen LogP contribution < -0.4 is 9.46 Å². The van der Waals surface area contributed by atoms with Crippen LogP contribution in [0, 0.1) is 17.5 Å². The Morgan fingerprint density at radius 2 is 1.84 bits per heavy atom. The summed E-state index contributed by atoms with van der Waals surface area (Å²) in [6.45, 7) is 4.84. The molecule has 11 heteroatoms. The number of nitrogens with zero attached hydrogens (tertiary/aromatic N) is 1. The summed E-state index contributed by atoms with van der Waals surface area (Å²) >= 11 is 0. The molecule has 0 aliphatic heterocycles. The van der Waals surface area contributed by atoms with E-state index in [-0.39, 0.29) is 57.8 Å². The molecular weight excluding hydrogens is 521 g/mol. The Bertz CT molecular complexity index is 1530. The van der Waals surface area contributed by atoms with Crippen molar-refractivity contribution in [1.82, 2.24) is 9.71 Å². The minimum Gasteiger partial charge on any atom is -0.488 e. The predicted molar refractivity (Wildman–Crippen MR) is 136 cm³/mol. The fraction of sp³-hybridized carbons (Fsp3) is 0.259. The molecular formula is C27H25F3N2O5S. The fourth-order valence-electron chi connectivity index (χ4n) is 3.77. The molecule has 0 spiro atoms. The number of hydrogen-bond acceptors (Lipinski definition) is 5. The number of carbonyl (C=O) groups is 1. The third-order valence-corrected chi connectivity index (χ3v) is 7.20. The van der Waals surface area contributed by atoms with E-state index in [4.69, 9.17) is 14.3 Å². The Kier molecular flexibility index (Phi) is 7.89. The van der Waals surface area contributed by atoms with Crippen molar-refractivity contribution >= 4 is 27.9 Å². The second-order valence-electron chi connectivity index (χ2n) is 9.49. The zero-order chi connectivity index (χ0) is 27.6. The normalized spacial score (nSPS) is 12.6. The van der Waals surface area contributed by atoms with E-state index < -0.39 is 45.6 Å². The number of nitrogens with one attached hydrogen (secondary N) is 1. The molecule has 200 valence electrons. The zero-order valence-electron chi connectivity index (χ0n) is 20.8. The molecule has 2 aromatic carbocycles. The number of hydrogen-bond donors (Lipinski definition) is 2. The Balaban J connectivity index is 1.70. The minimum atomic E-state index is -1.45. The zero-order valence-corrected chi connectivity index (χ0v) is 21.6. The van der Waals surface area contributed by atoms with Crippen molar-refractivity contribution in [2.24, 2.45) is 0 Å². The SMILES string of the molecule is CC(C)(C)S(=O)NCc1nccc(-c2cc(COc3cc(F)ccc3CC(=O)O)c(F)c3ccoc23)c1F. The number of fused-ring (bicyclic) bond motifs is 1. The summed E-state index contributed by atoms with van der Waals surface area (Å²) in [6, 6.07) is 7.59. The molecule has 0 saturated carbocycles. The maximum Gasteiger partial charge on any atom is 0.307 e. The van der Waals surface area contributed by atoms with Crippen molar-refractivity contribution in [2.45, 2.75) is 45.1 Å². The smallest absolute Gasteiger partial charge is 0.307 e. The first-order valence-electron chi connectivity index (χ1n) is 11.6. The van der Waals surface area contributed by atoms with Crippen molar-refractivity contribution in [3.05, 3.63) is 83.1 Å². The molecule has 38 heavy (non-hydrogen) atoms. The third-order valence-electron chi connectivity index (χ3n) is 5.68. The van der Waals surface area contributed by atoms with E-state index in [0.29, 0.717) is 0 Å². The van der Waals surface area contributed by atoms with E-state index >= 15 is 8.78 Å². The van der Waals surface area contributed by atoms with Crippen molar-refractivity contribution in [2.75, 3.05) is 0 Å². The van der Waals surface area contributed by atoms with Gasteiger partial charge in [-0.25, -0.2) is 22.1 Å². The van der Waals surface area contributed by atoms with Crippen molar-refractivity contribution in [3.8, 4) is 16.9 Å². The van der Waals surface area contributed by atoms with E-state index in [9.17, 15) is 13.4 Å². The highest BCUT2D eigenvalue weighted by molar-refractivity contribution is 7.84. The second-order valence-corrected chi connectivity index (χ2v) is 11.5. The Morgan fingerprint density at radius 3 is 2.55 bits per heavy atom. The molecule has 0 bridgehead atoms. The Hall–Kier alpha value is -3.70. The maximum absolute atomic E-state index is 15.6.